The molecular formula is C16H18F2N4O. The first-order valence-corrected chi connectivity index (χ1v) is 7.65. The fourth-order valence-electron chi connectivity index (χ4n) is 2.82. The van der Waals surface area contributed by atoms with Crippen molar-refractivity contribution in [2.45, 2.75) is 39.3 Å². The quantitative estimate of drug-likeness (QED) is 0.942. The van der Waals surface area contributed by atoms with E-state index in [1.807, 2.05) is 18.4 Å². The summed E-state index contributed by atoms with van der Waals surface area (Å²) in [6.45, 7) is 4.68. The van der Waals surface area contributed by atoms with Crippen LogP contribution in [0.4, 0.5) is 8.78 Å². The lowest BCUT2D eigenvalue weighted by molar-refractivity contribution is 0.0917. The molecule has 1 N–H and O–H groups in total. The molecule has 5 nitrogen and oxygen atoms in total. The third kappa shape index (κ3) is 2.95. The van der Waals surface area contributed by atoms with Crippen molar-refractivity contribution < 1.29 is 13.6 Å². The number of hydrogen-bond donors (Lipinski definition) is 1. The van der Waals surface area contributed by atoms with E-state index in [-0.39, 0.29) is 11.5 Å². The minimum absolute atomic E-state index is 0.0319. The molecule has 1 amide bonds. The predicted molar refractivity (Wildman–Crippen MR) is 79.7 cm³/mol. The van der Waals surface area contributed by atoms with Crippen molar-refractivity contribution in [2.75, 3.05) is 0 Å². The van der Waals surface area contributed by atoms with Gasteiger partial charge in [0, 0.05) is 13.0 Å². The average Bonchev–Trinajstić information content (AvgIpc) is 3.10. The second-order valence-electron chi connectivity index (χ2n) is 6.05. The SMILES string of the molecule is CC(C)C(NC(=O)c1cc(F)ccc1F)c1nnc2n1CCC2. The van der Waals surface area contributed by atoms with Crippen LogP contribution in [0.3, 0.4) is 0 Å². The van der Waals surface area contributed by atoms with Crippen LogP contribution < -0.4 is 5.32 Å². The van der Waals surface area contributed by atoms with Gasteiger partial charge in [0.05, 0.1) is 11.6 Å². The zero-order chi connectivity index (χ0) is 16.6. The Balaban J connectivity index is 1.88. The molecule has 1 aliphatic heterocycles. The summed E-state index contributed by atoms with van der Waals surface area (Å²) in [5, 5.41) is 11.1. The maximum absolute atomic E-state index is 13.8. The second kappa shape index (κ2) is 6.06. The highest BCUT2D eigenvalue weighted by molar-refractivity contribution is 5.94. The van der Waals surface area contributed by atoms with Gasteiger partial charge < -0.3 is 9.88 Å². The highest BCUT2D eigenvalue weighted by Crippen LogP contribution is 2.25. The van der Waals surface area contributed by atoms with Gasteiger partial charge in [0.15, 0.2) is 5.82 Å². The van der Waals surface area contributed by atoms with Gasteiger partial charge in [0.1, 0.15) is 17.5 Å². The van der Waals surface area contributed by atoms with E-state index >= 15 is 0 Å². The monoisotopic (exact) mass is 320 g/mol. The topological polar surface area (TPSA) is 59.8 Å². The van der Waals surface area contributed by atoms with E-state index in [4.69, 9.17) is 0 Å². The van der Waals surface area contributed by atoms with Crippen LogP contribution in [0, 0.1) is 17.6 Å². The molecule has 0 aliphatic carbocycles. The summed E-state index contributed by atoms with van der Waals surface area (Å²) < 4.78 is 29.0. The standard InChI is InChI=1S/C16H18F2N4O/c1-9(2)14(15-21-20-13-4-3-7-22(13)15)19-16(23)11-8-10(17)5-6-12(11)18/h5-6,8-9,14H,3-4,7H2,1-2H3,(H,19,23). The Morgan fingerprint density at radius 2 is 2.09 bits per heavy atom. The van der Waals surface area contributed by atoms with Crippen molar-refractivity contribution in [1.29, 1.82) is 0 Å². The number of aryl methyl sites for hydroxylation is 1. The number of rotatable bonds is 4. The Labute approximate surface area is 132 Å². The zero-order valence-corrected chi connectivity index (χ0v) is 13.0. The van der Waals surface area contributed by atoms with Gasteiger partial charge in [0.2, 0.25) is 0 Å². The number of benzene rings is 1. The molecule has 122 valence electrons. The second-order valence-corrected chi connectivity index (χ2v) is 6.05. The largest absolute Gasteiger partial charge is 0.342 e. The first-order valence-electron chi connectivity index (χ1n) is 7.65. The number of halogens is 2. The lowest BCUT2D eigenvalue weighted by Gasteiger charge is -2.22. The van der Waals surface area contributed by atoms with Crippen molar-refractivity contribution in [3.05, 3.63) is 47.0 Å². The number of hydrogen-bond acceptors (Lipinski definition) is 3. The van der Waals surface area contributed by atoms with Crippen LogP contribution in [0.1, 0.15) is 48.3 Å². The third-order valence-corrected chi connectivity index (χ3v) is 4.04. The number of fused-ring (bicyclic) bond motifs is 1. The Kier molecular flexibility index (Phi) is 4.11. The third-order valence-electron chi connectivity index (χ3n) is 4.04. The van der Waals surface area contributed by atoms with Gasteiger partial charge >= 0.3 is 0 Å². The van der Waals surface area contributed by atoms with Crippen molar-refractivity contribution in [1.82, 2.24) is 20.1 Å². The van der Waals surface area contributed by atoms with Crippen LogP contribution in [0.15, 0.2) is 18.2 Å². The molecule has 1 aromatic heterocycles. The van der Waals surface area contributed by atoms with Crippen molar-refractivity contribution in [2.24, 2.45) is 5.92 Å². The molecule has 23 heavy (non-hydrogen) atoms. The molecule has 3 rings (SSSR count). The van der Waals surface area contributed by atoms with Gasteiger partial charge in [-0.05, 0) is 30.5 Å². The van der Waals surface area contributed by atoms with Gasteiger partial charge in [-0.25, -0.2) is 8.78 Å². The van der Waals surface area contributed by atoms with Crippen LogP contribution in [-0.2, 0) is 13.0 Å². The minimum atomic E-state index is -0.752. The lowest BCUT2D eigenvalue weighted by Crippen LogP contribution is -2.34. The number of carbonyl (C=O) groups excluding carboxylic acids is 1. The Hall–Kier alpha value is -2.31. The van der Waals surface area contributed by atoms with E-state index in [1.165, 1.54) is 0 Å². The average molecular weight is 320 g/mol. The molecule has 1 aromatic carbocycles. The van der Waals surface area contributed by atoms with E-state index in [0.29, 0.717) is 5.82 Å². The summed E-state index contributed by atoms with van der Waals surface area (Å²) in [4.78, 5) is 12.4. The number of amides is 1. The molecule has 0 saturated heterocycles. The van der Waals surface area contributed by atoms with E-state index < -0.39 is 23.6 Å². The van der Waals surface area contributed by atoms with Crippen molar-refractivity contribution >= 4 is 5.91 Å². The molecule has 1 unspecified atom stereocenters. The molecule has 2 heterocycles. The van der Waals surface area contributed by atoms with Gasteiger partial charge in [0.25, 0.3) is 5.91 Å². The highest BCUT2D eigenvalue weighted by Gasteiger charge is 2.28. The van der Waals surface area contributed by atoms with Gasteiger partial charge in [-0.15, -0.1) is 10.2 Å². The van der Waals surface area contributed by atoms with Crippen LogP contribution in [0.25, 0.3) is 0 Å². The fourth-order valence-corrected chi connectivity index (χ4v) is 2.82. The molecule has 1 aliphatic rings. The molecule has 1 atom stereocenters. The molecule has 0 bridgehead atoms. The number of aromatic nitrogens is 3. The van der Waals surface area contributed by atoms with E-state index in [9.17, 15) is 13.6 Å². The normalized spacial score (nSPS) is 14.8. The maximum atomic E-state index is 13.8. The van der Waals surface area contributed by atoms with Crippen LogP contribution in [0.2, 0.25) is 0 Å². The number of nitrogens with zero attached hydrogens (tertiary/aromatic N) is 3. The van der Waals surface area contributed by atoms with Crippen LogP contribution >= 0.6 is 0 Å². The molecule has 2 aromatic rings. The lowest BCUT2D eigenvalue weighted by atomic mass is 10.0. The van der Waals surface area contributed by atoms with Crippen molar-refractivity contribution in [3.63, 3.8) is 0 Å². The van der Waals surface area contributed by atoms with Gasteiger partial charge in [-0.3, -0.25) is 4.79 Å². The van der Waals surface area contributed by atoms with E-state index in [1.54, 1.807) is 0 Å². The maximum Gasteiger partial charge on any atom is 0.254 e. The number of nitrogens with one attached hydrogen (secondary N) is 1. The summed E-state index contributed by atoms with van der Waals surface area (Å²) in [5.41, 5.74) is -0.309. The first kappa shape index (κ1) is 15.6. The smallest absolute Gasteiger partial charge is 0.254 e. The zero-order valence-electron chi connectivity index (χ0n) is 13.0. The van der Waals surface area contributed by atoms with Crippen molar-refractivity contribution in [3.8, 4) is 0 Å². The molecule has 0 saturated carbocycles. The Bertz CT molecular complexity index is 742. The molecular weight excluding hydrogens is 302 g/mol. The summed E-state index contributed by atoms with van der Waals surface area (Å²) in [6.07, 6.45) is 1.86. The van der Waals surface area contributed by atoms with E-state index in [0.717, 1.165) is 43.4 Å². The summed E-state index contributed by atoms with van der Waals surface area (Å²) in [5.74, 6) is -0.464. The Morgan fingerprint density at radius 3 is 2.83 bits per heavy atom. The summed E-state index contributed by atoms with van der Waals surface area (Å²) in [6, 6.07) is 2.42. The van der Waals surface area contributed by atoms with Crippen LogP contribution in [0.5, 0.6) is 0 Å². The molecule has 0 fully saturated rings. The van der Waals surface area contributed by atoms with E-state index in [2.05, 4.69) is 15.5 Å². The summed E-state index contributed by atoms with van der Waals surface area (Å²) in [7, 11) is 0. The predicted octanol–water partition coefficient (Wildman–Crippen LogP) is 2.63. The fraction of sp³-hybridized carbons (Fsp3) is 0.438. The Morgan fingerprint density at radius 1 is 1.30 bits per heavy atom. The van der Waals surface area contributed by atoms with Gasteiger partial charge in [-0.2, -0.15) is 0 Å². The first-order chi connectivity index (χ1) is 11.0. The number of carbonyl (C=O) groups is 1. The molecule has 0 spiro atoms. The highest BCUT2D eigenvalue weighted by atomic mass is 19.1. The minimum Gasteiger partial charge on any atom is -0.342 e. The van der Waals surface area contributed by atoms with Gasteiger partial charge in [-0.1, -0.05) is 13.8 Å². The molecule has 7 heteroatoms. The summed E-state index contributed by atoms with van der Waals surface area (Å²) >= 11 is 0. The van der Waals surface area contributed by atoms with Crippen LogP contribution in [-0.4, -0.2) is 20.7 Å². The molecule has 0 radical (unpaired) electrons.